The molecule has 1 aliphatic rings. The Morgan fingerprint density at radius 2 is 1.58 bits per heavy atom. The zero-order chi connectivity index (χ0) is 22.0. The Bertz CT molecular complexity index is 1170. The Morgan fingerprint density at radius 3 is 2.26 bits per heavy atom. The molecule has 3 aromatic carbocycles. The van der Waals surface area contributed by atoms with Crippen LogP contribution in [0.5, 0.6) is 0 Å². The maximum Gasteiger partial charge on any atom is 0.278 e. The van der Waals surface area contributed by atoms with E-state index < -0.39 is 0 Å². The smallest absolute Gasteiger partial charge is 0.278 e. The molecular weight excluding hydrogens is 391 g/mol. The van der Waals surface area contributed by atoms with Crippen LogP contribution in [0, 0.1) is 19.7 Å². The summed E-state index contributed by atoms with van der Waals surface area (Å²) in [5.41, 5.74) is 5.10. The largest absolute Gasteiger partial charge is 0.350 e. The molecule has 1 heterocycles. The van der Waals surface area contributed by atoms with Crippen molar-refractivity contribution in [2.24, 2.45) is 0 Å². The molecule has 0 saturated carbocycles. The van der Waals surface area contributed by atoms with E-state index in [9.17, 15) is 14.0 Å². The van der Waals surface area contributed by atoms with Gasteiger partial charge in [-0.15, -0.1) is 0 Å². The summed E-state index contributed by atoms with van der Waals surface area (Å²) in [6, 6.07) is 21.2. The van der Waals surface area contributed by atoms with Crippen molar-refractivity contribution < 1.29 is 14.0 Å². The van der Waals surface area contributed by atoms with Gasteiger partial charge in [0.2, 0.25) is 0 Å². The Kier molecular flexibility index (Phi) is 5.67. The average molecular weight is 414 g/mol. The molecule has 0 spiro atoms. The fraction of sp³-hybridized carbons (Fsp3) is 0.154. The van der Waals surface area contributed by atoms with Gasteiger partial charge in [0.1, 0.15) is 11.5 Å². The topological polar surface area (TPSA) is 49.4 Å². The minimum Gasteiger partial charge on any atom is -0.350 e. The SMILES string of the molecule is Cc1ccc(NC2=C(c3ccccc3)C(=O)N(CCc3ccc(F)cc3)C2=O)c(C)c1. The molecule has 3 aromatic rings. The number of nitrogens with zero attached hydrogens (tertiary/aromatic N) is 1. The molecule has 5 heteroatoms. The molecule has 4 rings (SSSR count). The highest BCUT2D eigenvalue weighted by Crippen LogP contribution is 2.31. The van der Waals surface area contributed by atoms with E-state index in [2.05, 4.69) is 5.32 Å². The van der Waals surface area contributed by atoms with Crippen LogP contribution in [-0.2, 0) is 16.0 Å². The Hall–Kier alpha value is -3.73. The molecule has 0 radical (unpaired) electrons. The fourth-order valence-corrected chi connectivity index (χ4v) is 3.75. The minimum absolute atomic E-state index is 0.220. The number of halogens is 1. The predicted octanol–water partition coefficient (Wildman–Crippen LogP) is 4.88. The van der Waals surface area contributed by atoms with Gasteiger partial charge in [-0.25, -0.2) is 4.39 Å². The van der Waals surface area contributed by atoms with E-state index in [0.29, 0.717) is 17.6 Å². The zero-order valence-electron chi connectivity index (χ0n) is 17.5. The second-order valence-electron chi connectivity index (χ2n) is 7.70. The van der Waals surface area contributed by atoms with E-state index in [1.165, 1.54) is 17.0 Å². The summed E-state index contributed by atoms with van der Waals surface area (Å²) in [4.78, 5) is 27.8. The van der Waals surface area contributed by atoms with E-state index in [4.69, 9.17) is 0 Å². The van der Waals surface area contributed by atoms with Gasteiger partial charge in [-0.05, 0) is 55.2 Å². The Morgan fingerprint density at radius 1 is 0.871 bits per heavy atom. The third kappa shape index (κ3) is 4.26. The van der Waals surface area contributed by atoms with E-state index in [1.807, 2.05) is 62.4 Å². The van der Waals surface area contributed by atoms with Crippen molar-refractivity contribution in [3.63, 3.8) is 0 Å². The van der Waals surface area contributed by atoms with Crippen molar-refractivity contribution >= 4 is 23.1 Å². The third-order valence-corrected chi connectivity index (χ3v) is 5.41. The second kappa shape index (κ2) is 8.56. The number of hydrogen-bond acceptors (Lipinski definition) is 3. The van der Waals surface area contributed by atoms with Crippen LogP contribution in [0.15, 0.2) is 78.5 Å². The molecule has 0 bridgehead atoms. The van der Waals surface area contributed by atoms with Gasteiger partial charge in [0, 0.05) is 12.2 Å². The molecule has 0 unspecified atom stereocenters. The maximum atomic E-state index is 13.3. The molecular formula is C26H23FN2O2. The second-order valence-corrected chi connectivity index (χ2v) is 7.70. The van der Waals surface area contributed by atoms with Gasteiger partial charge in [-0.1, -0.05) is 60.2 Å². The van der Waals surface area contributed by atoms with Crippen molar-refractivity contribution in [3.05, 3.63) is 107 Å². The number of carbonyl (C=O) groups is 2. The first-order valence-corrected chi connectivity index (χ1v) is 10.2. The molecule has 31 heavy (non-hydrogen) atoms. The Labute approximate surface area is 181 Å². The number of benzene rings is 3. The summed E-state index contributed by atoms with van der Waals surface area (Å²) in [5.74, 6) is -0.999. The quantitative estimate of drug-likeness (QED) is 0.585. The molecule has 0 aromatic heterocycles. The number of nitrogens with one attached hydrogen (secondary N) is 1. The molecule has 156 valence electrons. The first-order valence-electron chi connectivity index (χ1n) is 10.2. The average Bonchev–Trinajstić information content (AvgIpc) is 2.99. The van der Waals surface area contributed by atoms with Crippen LogP contribution in [0.25, 0.3) is 5.57 Å². The van der Waals surface area contributed by atoms with Gasteiger partial charge in [-0.3, -0.25) is 14.5 Å². The highest BCUT2D eigenvalue weighted by atomic mass is 19.1. The summed E-state index contributed by atoms with van der Waals surface area (Å²) >= 11 is 0. The number of aryl methyl sites for hydroxylation is 2. The number of carbonyl (C=O) groups excluding carboxylic acids is 2. The van der Waals surface area contributed by atoms with Crippen molar-refractivity contribution in [2.75, 3.05) is 11.9 Å². The fourth-order valence-electron chi connectivity index (χ4n) is 3.75. The number of hydrogen-bond donors (Lipinski definition) is 1. The number of amides is 2. The lowest BCUT2D eigenvalue weighted by atomic mass is 10.0. The number of imide groups is 1. The third-order valence-electron chi connectivity index (χ3n) is 5.41. The standard InChI is InChI=1S/C26H23FN2O2/c1-17-8-13-22(18(2)16-17)28-24-23(20-6-4-3-5-7-20)25(30)29(26(24)31)15-14-19-9-11-21(27)12-10-19/h3-13,16,28H,14-15H2,1-2H3. The molecule has 2 amide bonds. The molecule has 0 saturated heterocycles. The van der Waals surface area contributed by atoms with Crippen molar-refractivity contribution in [2.45, 2.75) is 20.3 Å². The molecule has 1 N–H and O–H groups in total. The van der Waals surface area contributed by atoms with Crippen LogP contribution in [0.4, 0.5) is 10.1 Å². The van der Waals surface area contributed by atoms with Gasteiger partial charge in [0.15, 0.2) is 0 Å². The lowest BCUT2D eigenvalue weighted by Gasteiger charge is -2.16. The van der Waals surface area contributed by atoms with Crippen LogP contribution in [0.2, 0.25) is 0 Å². The number of rotatable bonds is 6. The summed E-state index contributed by atoms with van der Waals surface area (Å²) in [7, 11) is 0. The minimum atomic E-state index is -0.356. The Balaban J connectivity index is 1.66. The lowest BCUT2D eigenvalue weighted by molar-refractivity contribution is -0.136. The van der Waals surface area contributed by atoms with Gasteiger partial charge >= 0.3 is 0 Å². The summed E-state index contributed by atoms with van der Waals surface area (Å²) in [6.45, 7) is 4.19. The molecule has 0 atom stereocenters. The summed E-state index contributed by atoms with van der Waals surface area (Å²) < 4.78 is 13.2. The first kappa shape index (κ1) is 20.5. The maximum absolute atomic E-state index is 13.3. The van der Waals surface area contributed by atoms with Gasteiger partial charge in [0.05, 0.1) is 5.57 Å². The highest BCUT2D eigenvalue weighted by Gasteiger charge is 2.39. The number of anilines is 1. The molecule has 0 fully saturated rings. The van der Waals surface area contributed by atoms with Crippen molar-refractivity contribution in [1.82, 2.24) is 4.90 Å². The van der Waals surface area contributed by atoms with Crippen molar-refractivity contribution in [3.8, 4) is 0 Å². The van der Waals surface area contributed by atoms with E-state index in [-0.39, 0.29) is 29.9 Å². The van der Waals surface area contributed by atoms with Gasteiger partial charge < -0.3 is 5.32 Å². The molecule has 1 aliphatic heterocycles. The van der Waals surface area contributed by atoms with Crippen molar-refractivity contribution in [1.29, 1.82) is 0 Å². The van der Waals surface area contributed by atoms with Gasteiger partial charge in [-0.2, -0.15) is 0 Å². The molecule has 0 aliphatic carbocycles. The zero-order valence-corrected chi connectivity index (χ0v) is 17.5. The van der Waals surface area contributed by atoms with Crippen LogP contribution in [0.1, 0.15) is 22.3 Å². The van der Waals surface area contributed by atoms with Crippen LogP contribution >= 0.6 is 0 Å². The van der Waals surface area contributed by atoms with Crippen LogP contribution in [-0.4, -0.2) is 23.3 Å². The monoisotopic (exact) mass is 414 g/mol. The lowest BCUT2D eigenvalue weighted by Crippen LogP contribution is -2.34. The molecule has 4 nitrogen and oxygen atoms in total. The summed E-state index contributed by atoms with van der Waals surface area (Å²) in [6.07, 6.45) is 0.455. The van der Waals surface area contributed by atoms with E-state index in [0.717, 1.165) is 22.4 Å². The van der Waals surface area contributed by atoms with E-state index in [1.54, 1.807) is 12.1 Å². The summed E-state index contributed by atoms with van der Waals surface area (Å²) in [5, 5.41) is 3.22. The predicted molar refractivity (Wildman–Crippen MR) is 120 cm³/mol. The first-order chi connectivity index (χ1) is 14.9. The highest BCUT2D eigenvalue weighted by molar-refractivity contribution is 6.36. The van der Waals surface area contributed by atoms with Crippen LogP contribution < -0.4 is 5.32 Å². The normalized spacial score (nSPS) is 13.8. The van der Waals surface area contributed by atoms with Gasteiger partial charge in [0.25, 0.3) is 11.8 Å². The van der Waals surface area contributed by atoms with E-state index >= 15 is 0 Å². The van der Waals surface area contributed by atoms with Crippen LogP contribution in [0.3, 0.4) is 0 Å².